The summed E-state index contributed by atoms with van der Waals surface area (Å²) in [6.07, 6.45) is 1.80. The van der Waals surface area contributed by atoms with Crippen LogP contribution in [0.2, 0.25) is 0 Å². The second-order valence-corrected chi connectivity index (χ2v) is 7.60. The number of hydrogen-bond acceptors (Lipinski definition) is 4. The minimum absolute atomic E-state index is 0.349. The first kappa shape index (κ1) is 12.7. The van der Waals surface area contributed by atoms with Crippen LogP contribution in [0.1, 0.15) is 26.7 Å². The van der Waals surface area contributed by atoms with Crippen LogP contribution in [0.4, 0.5) is 0 Å². The summed E-state index contributed by atoms with van der Waals surface area (Å²) >= 11 is 2.05. The standard InChI is InChI=1S/C12H24N2OS/c1-11(2)9-14(7-8-16-11)10-12(15)3-5-13-6-4-12/h13,15H,3-10H2,1-2H3. The van der Waals surface area contributed by atoms with Crippen LogP contribution in [-0.4, -0.2) is 58.8 Å². The first-order chi connectivity index (χ1) is 7.49. The molecule has 16 heavy (non-hydrogen) atoms. The minimum atomic E-state index is -0.441. The first-order valence-corrected chi connectivity index (χ1v) is 7.27. The van der Waals surface area contributed by atoms with Gasteiger partial charge in [-0.15, -0.1) is 0 Å². The normalized spacial score (nSPS) is 30.2. The SMILES string of the molecule is CC1(C)CN(CC2(O)CCNCC2)CCS1. The van der Waals surface area contributed by atoms with E-state index in [0.717, 1.165) is 45.6 Å². The van der Waals surface area contributed by atoms with E-state index >= 15 is 0 Å². The Labute approximate surface area is 103 Å². The van der Waals surface area contributed by atoms with Crippen molar-refractivity contribution in [3.8, 4) is 0 Å². The molecule has 0 aromatic carbocycles. The van der Waals surface area contributed by atoms with Crippen molar-refractivity contribution < 1.29 is 5.11 Å². The Morgan fingerprint density at radius 2 is 2.00 bits per heavy atom. The predicted molar refractivity (Wildman–Crippen MR) is 70.0 cm³/mol. The molecule has 2 rings (SSSR count). The molecule has 0 bridgehead atoms. The van der Waals surface area contributed by atoms with Gasteiger partial charge in [0.25, 0.3) is 0 Å². The van der Waals surface area contributed by atoms with E-state index in [9.17, 15) is 5.11 Å². The fourth-order valence-corrected chi connectivity index (χ4v) is 3.89. The maximum atomic E-state index is 10.5. The second kappa shape index (κ2) is 4.84. The van der Waals surface area contributed by atoms with E-state index in [-0.39, 0.29) is 0 Å². The van der Waals surface area contributed by atoms with Gasteiger partial charge in [-0.2, -0.15) is 11.8 Å². The number of aliphatic hydroxyl groups is 1. The number of piperidine rings is 1. The van der Waals surface area contributed by atoms with Crippen LogP contribution in [-0.2, 0) is 0 Å². The van der Waals surface area contributed by atoms with Crippen molar-refractivity contribution in [2.24, 2.45) is 0 Å². The van der Waals surface area contributed by atoms with Gasteiger partial charge < -0.3 is 10.4 Å². The average molecular weight is 244 g/mol. The molecule has 3 nitrogen and oxygen atoms in total. The molecule has 2 heterocycles. The van der Waals surface area contributed by atoms with Gasteiger partial charge in [-0.1, -0.05) is 0 Å². The molecule has 0 amide bonds. The van der Waals surface area contributed by atoms with Crippen LogP contribution >= 0.6 is 11.8 Å². The summed E-state index contributed by atoms with van der Waals surface area (Å²) in [5.74, 6) is 1.20. The van der Waals surface area contributed by atoms with Crippen LogP contribution in [0.25, 0.3) is 0 Å². The molecular weight excluding hydrogens is 220 g/mol. The van der Waals surface area contributed by atoms with E-state index in [0.29, 0.717) is 4.75 Å². The third-order valence-electron chi connectivity index (χ3n) is 3.56. The zero-order chi connectivity index (χ0) is 11.6. The van der Waals surface area contributed by atoms with E-state index in [4.69, 9.17) is 0 Å². The van der Waals surface area contributed by atoms with E-state index in [1.807, 2.05) is 11.8 Å². The van der Waals surface area contributed by atoms with Gasteiger partial charge >= 0.3 is 0 Å². The lowest BCUT2D eigenvalue weighted by Crippen LogP contribution is -2.53. The summed E-state index contributed by atoms with van der Waals surface area (Å²) in [6.45, 7) is 9.62. The Bertz CT molecular complexity index is 239. The van der Waals surface area contributed by atoms with Crippen molar-refractivity contribution in [2.75, 3.05) is 38.5 Å². The molecule has 0 radical (unpaired) electrons. The van der Waals surface area contributed by atoms with E-state index in [1.54, 1.807) is 0 Å². The lowest BCUT2D eigenvalue weighted by molar-refractivity contribution is -0.0215. The van der Waals surface area contributed by atoms with Gasteiger partial charge in [0.15, 0.2) is 0 Å². The van der Waals surface area contributed by atoms with Crippen molar-refractivity contribution in [2.45, 2.75) is 37.0 Å². The van der Waals surface area contributed by atoms with Crippen LogP contribution < -0.4 is 5.32 Å². The average Bonchev–Trinajstić information content (AvgIpc) is 2.16. The van der Waals surface area contributed by atoms with Gasteiger partial charge in [0.05, 0.1) is 5.60 Å². The minimum Gasteiger partial charge on any atom is -0.388 e. The van der Waals surface area contributed by atoms with Gasteiger partial charge in [0.1, 0.15) is 0 Å². The summed E-state index contributed by atoms with van der Waals surface area (Å²) in [7, 11) is 0. The Morgan fingerprint density at radius 3 is 2.62 bits per heavy atom. The highest BCUT2D eigenvalue weighted by molar-refractivity contribution is 8.00. The first-order valence-electron chi connectivity index (χ1n) is 6.29. The summed E-state index contributed by atoms with van der Waals surface area (Å²) in [4.78, 5) is 2.45. The van der Waals surface area contributed by atoms with Crippen molar-refractivity contribution in [1.29, 1.82) is 0 Å². The molecular formula is C12H24N2OS. The van der Waals surface area contributed by atoms with Gasteiger partial charge in [0, 0.05) is 30.1 Å². The lowest BCUT2D eigenvalue weighted by Gasteiger charge is -2.43. The third kappa shape index (κ3) is 3.36. The topological polar surface area (TPSA) is 35.5 Å². The molecule has 0 aromatic heterocycles. The molecule has 2 saturated heterocycles. The number of β-amino-alcohol motifs (C(OH)–C–C–N with tert-alkyl or cyclic N) is 1. The molecule has 0 atom stereocenters. The molecule has 0 spiro atoms. The molecule has 2 aliphatic rings. The lowest BCUT2D eigenvalue weighted by atomic mass is 9.91. The van der Waals surface area contributed by atoms with Crippen LogP contribution in [0.5, 0.6) is 0 Å². The molecule has 2 aliphatic heterocycles. The third-order valence-corrected chi connectivity index (χ3v) is 4.85. The van der Waals surface area contributed by atoms with Crippen LogP contribution in [0, 0.1) is 0 Å². The van der Waals surface area contributed by atoms with Crippen LogP contribution in [0.15, 0.2) is 0 Å². The summed E-state index contributed by atoms with van der Waals surface area (Å²) in [5, 5.41) is 13.8. The van der Waals surface area contributed by atoms with Gasteiger partial charge in [-0.05, 0) is 39.8 Å². The van der Waals surface area contributed by atoms with Gasteiger partial charge in [0.2, 0.25) is 0 Å². The number of rotatable bonds is 2. The summed E-state index contributed by atoms with van der Waals surface area (Å²) in [6, 6.07) is 0. The highest BCUT2D eigenvalue weighted by Crippen LogP contribution is 2.31. The zero-order valence-corrected chi connectivity index (χ0v) is 11.3. The Kier molecular flexibility index (Phi) is 3.84. The number of thioether (sulfide) groups is 1. The van der Waals surface area contributed by atoms with E-state index in [2.05, 4.69) is 24.1 Å². The molecule has 2 N–H and O–H groups in total. The Morgan fingerprint density at radius 1 is 1.31 bits per heavy atom. The number of nitrogens with one attached hydrogen (secondary N) is 1. The molecule has 2 fully saturated rings. The maximum absolute atomic E-state index is 10.5. The monoisotopic (exact) mass is 244 g/mol. The molecule has 94 valence electrons. The number of hydrogen-bond donors (Lipinski definition) is 2. The summed E-state index contributed by atoms with van der Waals surface area (Å²) < 4.78 is 0.349. The smallest absolute Gasteiger partial charge is 0.0798 e. The number of nitrogens with zero attached hydrogens (tertiary/aromatic N) is 1. The molecule has 0 aliphatic carbocycles. The van der Waals surface area contributed by atoms with Crippen molar-refractivity contribution in [3.05, 3.63) is 0 Å². The highest BCUT2D eigenvalue weighted by atomic mass is 32.2. The van der Waals surface area contributed by atoms with E-state index in [1.165, 1.54) is 5.75 Å². The van der Waals surface area contributed by atoms with Gasteiger partial charge in [-0.3, -0.25) is 4.90 Å². The van der Waals surface area contributed by atoms with Crippen molar-refractivity contribution in [1.82, 2.24) is 10.2 Å². The summed E-state index contributed by atoms with van der Waals surface area (Å²) in [5.41, 5.74) is -0.441. The maximum Gasteiger partial charge on any atom is 0.0798 e. The Balaban J connectivity index is 1.88. The largest absolute Gasteiger partial charge is 0.388 e. The van der Waals surface area contributed by atoms with Gasteiger partial charge in [-0.25, -0.2) is 0 Å². The Hall–Kier alpha value is 0.230. The quantitative estimate of drug-likeness (QED) is 0.757. The van der Waals surface area contributed by atoms with Crippen molar-refractivity contribution in [3.63, 3.8) is 0 Å². The van der Waals surface area contributed by atoms with Crippen LogP contribution in [0.3, 0.4) is 0 Å². The highest BCUT2D eigenvalue weighted by Gasteiger charge is 2.35. The zero-order valence-electron chi connectivity index (χ0n) is 10.5. The van der Waals surface area contributed by atoms with E-state index < -0.39 is 5.60 Å². The fraction of sp³-hybridized carbons (Fsp3) is 1.00. The molecule has 0 unspecified atom stereocenters. The van der Waals surface area contributed by atoms with Crippen molar-refractivity contribution >= 4 is 11.8 Å². The predicted octanol–water partition coefficient (Wildman–Crippen LogP) is 0.928. The second-order valence-electron chi connectivity index (χ2n) is 5.79. The fourth-order valence-electron chi connectivity index (χ4n) is 2.72. The molecule has 0 saturated carbocycles. The molecule has 4 heteroatoms. The molecule has 0 aromatic rings.